The fourth-order valence-electron chi connectivity index (χ4n) is 3.72. The first kappa shape index (κ1) is 28.9. The number of nitrogens with one attached hydrogen (secondary N) is 1. The van der Waals surface area contributed by atoms with Crippen LogP contribution in [-0.2, 0) is 27.3 Å². The second-order valence-electron chi connectivity index (χ2n) is 8.21. The average molecular weight is 491 g/mol. The van der Waals surface area contributed by atoms with Gasteiger partial charge in [-0.2, -0.15) is 0 Å². The van der Waals surface area contributed by atoms with Crippen molar-refractivity contribution in [2.45, 2.75) is 51.7 Å². The lowest BCUT2D eigenvalue weighted by molar-refractivity contribution is -0.144. The van der Waals surface area contributed by atoms with Gasteiger partial charge in [-0.1, -0.05) is 62.7 Å². The summed E-state index contributed by atoms with van der Waals surface area (Å²) in [6.45, 7) is 4.14. The molecule has 2 aromatic rings. The zero-order chi connectivity index (χ0) is 24.4. The Morgan fingerprint density at radius 2 is 1.65 bits per heavy atom. The summed E-state index contributed by atoms with van der Waals surface area (Å²) in [7, 11) is 0. The number of benzene rings is 2. The largest absolute Gasteiger partial charge is 0.508 e. The molecule has 0 saturated heterocycles. The van der Waals surface area contributed by atoms with E-state index in [0.29, 0.717) is 6.42 Å². The maximum Gasteiger partial charge on any atom is 0.246 e. The van der Waals surface area contributed by atoms with Crippen LogP contribution in [0.5, 0.6) is 5.75 Å². The molecule has 34 heavy (non-hydrogen) atoms. The maximum absolute atomic E-state index is 13.8. The van der Waals surface area contributed by atoms with Gasteiger partial charge < -0.3 is 26.8 Å². The molecule has 0 aliphatic carbocycles. The highest BCUT2D eigenvalue weighted by atomic mass is 35.5. The Kier molecular flexibility index (Phi) is 12.1. The minimum absolute atomic E-state index is 0. The number of aromatic hydroxyl groups is 1. The molecule has 3 atom stereocenters. The number of halogens is 1. The van der Waals surface area contributed by atoms with E-state index < -0.39 is 23.9 Å². The van der Waals surface area contributed by atoms with Crippen molar-refractivity contribution < 1.29 is 19.5 Å². The number of nitrogens with two attached hydrogens (primary N) is 2. The second-order valence-corrected chi connectivity index (χ2v) is 8.21. The van der Waals surface area contributed by atoms with Crippen LogP contribution >= 0.6 is 12.4 Å². The topological polar surface area (TPSA) is 139 Å². The molecule has 0 aliphatic heterocycles. The maximum atomic E-state index is 13.8. The lowest BCUT2D eigenvalue weighted by Crippen LogP contribution is -2.57. The molecule has 2 aromatic carbocycles. The van der Waals surface area contributed by atoms with Crippen molar-refractivity contribution in [3.8, 4) is 5.75 Å². The molecule has 0 unspecified atom stereocenters. The third kappa shape index (κ3) is 8.35. The number of hydrogen-bond acceptors (Lipinski definition) is 5. The highest BCUT2D eigenvalue weighted by Gasteiger charge is 2.36. The summed E-state index contributed by atoms with van der Waals surface area (Å²) in [5.41, 5.74) is 12.9. The van der Waals surface area contributed by atoms with E-state index in [0.717, 1.165) is 11.1 Å². The van der Waals surface area contributed by atoms with Gasteiger partial charge in [0.25, 0.3) is 0 Å². The Balaban J connectivity index is 0.00000578. The van der Waals surface area contributed by atoms with Crippen LogP contribution in [0.4, 0.5) is 0 Å². The number of phenols is 1. The van der Waals surface area contributed by atoms with E-state index in [9.17, 15) is 19.5 Å². The van der Waals surface area contributed by atoms with Crippen molar-refractivity contribution in [1.29, 1.82) is 0 Å². The molecule has 0 bridgehead atoms. The van der Waals surface area contributed by atoms with Crippen molar-refractivity contribution in [3.05, 3.63) is 65.7 Å². The predicted octanol–water partition coefficient (Wildman–Crippen LogP) is 2.12. The summed E-state index contributed by atoms with van der Waals surface area (Å²) >= 11 is 0. The first-order valence-electron chi connectivity index (χ1n) is 11.2. The van der Waals surface area contributed by atoms with Gasteiger partial charge >= 0.3 is 0 Å². The fourth-order valence-corrected chi connectivity index (χ4v) is 3.72. The highest BCUT2D eigenvalue weighted by Crippen LogP contribution is 2.21. The van der Waals surface area contributed by atoms with Crippen molar-refractivity contribution in [2.75, 3.05) is 6.54 Å². The van der Waals surface area contributed by atoms with Crippen LogP contribution in [0.2, 0.25) is 0 Å². The smallest absolute Gasteiger partial charge is 0.246 e. The van der Waals surface area contributed by atoms with Gasteiger partial charge in [-0.3, -0.25) is 14.4 Å². The van der Waals surface area contributed by atoms with Gasteiger partial charge in [0.1, 0.15) is 17.8 Å². The van der Waals surface area contributed by atoms with E-state index in [1.54, 1.807) is 12.1 Å². The molecule has 6 N–H and O–H groups in total. The van der Waals surface area contributed by atoms with Crippen molar-refractivity contribution in [3.63, 3.8) is 0 Å². The number of nitrogens with zero attached hydrogens (tertiary/aromatic N) is 1. The van der Waals surface area contributed by atoms with E-state index in [-0.39, 0.29) is 55.9 Å². The molecule has 0 fully saturated rings. The third-order valence-corrected chi connectivity index (χ3v) is 5.67. The van der Waals surface area contributed by atoms with E-state index in [1.165, 1.54) is 17.0 Å². The molecule has 0 spiro atoms. The number of carbonyl (C=O) groups is 3. The molecule has 0 heterocycles. The first-order chi connectivity index (χ1) is 15.8. The Hall–Kier alpha value is -3.10. The Labute approximate surface area is 207 Å². The summed E-state index contributed by atoms with van der Waals surface area (Å²) < 4.78 is 0. The first-order valence-corrected chi connectivity index (χ1v) is 11.2. The Morgan fingerprint density at radius 3 is 2.18 bits per heavy atom. The zero-order valence-electron chi connectivity index (χ0n) is 19.6. The third-order valence-electron chi connectivity index (χ3n) is 5.67. The molecule has 0 aromatic heterocycles. The molecule has 0 radical (unpaired) electrons. The van der Waals surface area contributed by atoms with E-state index in [1.807, 2.05) is 44.2 Å². The monoisotopic (exact) mass is 490 g/mol. The van der Waals surface area contributed by atoms with Gasteiger partial charge in [0.2, 0.25) is 17.7 Å². The molecule has 186 valence electrons. The van der Waals surface area contributed by atoms with Crippen LogP contribution in [-0.4, -0.2) is 46.4 Å². The SMILES string of the molecule is CC[C@H](C)[C@@H](C(N)=O)N(Cc1ccccc1)C(=O)[C@H](Cc1ccc(O)cc1)NC(=O)CCN.Cl. The molecule has 3 amide bonds. The van der Waals surface area contributed by atoms with E-state index in [4.69, 9.17) is 11.5 Å². The predicted molar refractivity (Wildman–Crippen MR) is 134 cm³/mol. The lowest BCUT2D eigenvalue weighted by Gasteiger charge is -2.36. The highest BCUT2D eigenvalue weighted by molar-refractivity contribution is 5.92. The van der Waals surface area contributed by atoms with E-state index in [2.05, 4.69) is 5.32 Å². The Bertz CT molecular complexity index is 924. The molecule has 0 saturated carbocycles. The average Bonchev–Trinajstić information content (AvgIpc) is 2.79. The minimum atomic E-state index is -0.928. The van der Waals surface area contributed by atoms with Gasteiger partial charge in [0.05, 0.1) is 0 Å². The number of hydrogen-bond donors (Lipinski definition) is 4. The minimum Gasteiger partial charge on any atom is -0.508 e. The van der Waals surface area contributed by atoms with Crippen LogP contribution in [0.1, 0.15) is 37.8 Å². The van der Waals surface area contributed by atoms with Crippen molar-refractivity contribution in [1.82, 2.24) is 10.2 Å². The number of phenolic OH excluding ortho intramolecular Hbond substituents is 1. The fraction of sp³-hybridized carbons (Fsp3) is 0.400. The van der Waals surface area contributed by atoms with Gasteiger partial charge in [0, 0.05) is 25.9 Å². The number of amides is 3. The quantitative estimate of drug-likeness (QED) is 0.361. The summed E-state index contributed by atoms with van der Waals surface area (Å²) in [6.07, 6.45) is 0.906. The number of primary amides is 1. The lowest BCUT2D eigenvalue weighted by atomic mass is 9.94. The van der Waals surface area contributed by atoms with Crippen LogP contribution in [0, 0.1) is 5.92 Å². The number of rotatable bonds is 12. The van der Waals surface area contributed by atoms with Crippen LogP contribution in [0.25, 0.3) is 0 Å². The van der Waals surface area contributed by atoms with Gasteiger partial charge in [-0.05, 0) is 29.2 Å². The normalized spacial score (nSPS) is 13.1. The van der Waals surface area contributed by atoms with Crippen LogP contribution in [0.15, 0.2) is 54.6 Å². The molecular formula is C25H35ClN4O4. The summed E-state index contributed by atoms with van der Waals surface area (Å²) in [5.74, 6) is -1.42. The van der Waals surface area contributed by atoms with Gasteiger partial charge in [-0.25, -0.2) is 0 Å². The van der Waals surface area contributed by atoms with E-state index >= 15 is 0 Å². The van der Waals surface area contributed by atoms with Gasteiger partial charge in [-0.15, -0.1) is 12.4 Å². The summed E-state index contributed by atoms with van der Waals surface area (Å²) in [5, 5.41) is 12.4. The summed E-state index contributed by atoms with van der Waals surface area (Å²) in [4.78, 5) is 40.2. The zero-order valence-corrected chi connectivity index (χ0v) is 20.5. The van der Waals surface area contributed by atoms with Crippen LogP contribution in [0.3, 0.4) is 0 Å². The molecular weight excluding hydrogens is 456 g/mol. The molecule has 9 heteroatoms. The van der Waals surface area contributed by atoms with Crippen molar-refractivity contribution >= 4 is 30.1 Å². The Morgan fingerprint density at radius 1 is 1.03 bits per heavy atom. The van der Waals surface area contributed by atoms with Gasteiger partial charge in [0.15, 0.2) is 0 Å². The molecule has 8 nitrogen and oxygen atoms in total. The number of carbonyl (C=O) groups excluding carboxylic acids is 3. The molecule has 2 rings (SSSR count). The standard InChI is InChI=1S/C25H34N4O4.ClH/c1-3-17(2)23(24(27)32)29(16-19-7-5-4-6-8-19)25(33)21(28-22(31)13-14-26)15-18-9-11-20(30)12-10-18;/h4-12,17,21,23,30H,3,13-16,26H2,1-2H3,(H2,27,32)(H,28,31);1H/t17-,21-,23-;/m0./s1. The molecule has 0 aliphatic rings. The summed E-state index contributed by atoms with van der Waals surface area (Å²) in [6, 6.07) is 14.0. The second kappa shape index (κ2) is 14.2. The van der Waals surface area contributed by atoms with Crippen LogP contribution < -0.4 is 16.8 Å². The van der Waals surface area contributed by atoms with Crippen molar-refractivity contribution in [2.24, 2.45) is 17.4 Å².